The van der Waals surface area contributed by atoms with Crippen molar-refractivity contribution in [3.05, 3.63) is 53.6 Å². The number of aromatic nitrogens is 2. The molecule has 1 atom stereocenters. The Hall–Kier alpha value is -1.72. The fourth-order valence-corrected chi connectivity index (χ4v) is 2.14. The Labute approximate surface area is 118 Å². The van der Waals surface area contributed by atoms with Crippen LogP contribution in [-0.2, 0) is 18.7 Å². The van der Waals surface area contributed by atoms with Crippen LogP contribution in [0.25, 0.3) is 0 Å². The molecule has 2 N–H and O–H groups in total. The van der Waals surface area contributed by atoms with Crippen LogP contribution >= 0.6 is 0 Å². The van der Waals surface area contributed by atoms with Crippen LogP contribution in [0.3, 0.4) is 0 Å². The van der Waals surface area contributed by atoms with Crippen LogP contribution in [0, 0.1) is 5.82 Å². The van der Waals surface area contributed by atoms with E-state index in [0.717, 1.165) is 12.2 Å². The van der Waals surface area contributed by atoms with Crippen molar-refractivity contribution in [2.24, 2.45) is 0 Å². The molecule has 0 saturated heterocycles. The molecule has 1 aromatic carbocycles. The first-order chi connectivity index (χ1) is 9.53. The van der Waals surface area contributed by atoms with Crippen molar-refractivity contribution in [1.29, 1.82) is 0 Å². The van der Waals surface area contributed by atoms with Gasteiger partial charge in [0.25, 0.3) is 0 Å². The average Bonchev–Trinajstić information content (AvgIpc) is 2.86. The SMILES string of the molecule is CCn1nccc1CNCC(C)(O)c1ccc(F)cc1. The van der Waals surface area contributed by atoms with Crippen molar-refractivity contribution in [2.45, 2.75) is 32.5 Å². The Bertz CT molecular complexity index is 549. The third-order valence-corrected chi connectivity index (χ3v) is 3.35. The maximum atomic E-state index is 12.9. The number of aryl methyl sites for hydroxylation is 1. The molecule has 0 bridgehead atoms. The highest BCUT2D eigenvalue weighted by Crippen LogP contribution is 2.20. The third kappa shape index (κ3) is 3.43. The highest BCUT2D eigenvalue weighted by atomic mass is 19.1. The highest BCUT2D eigenvalue weighted by Gasteiger charge is 2.22. The molecule has 20 heavy (non-hydrogen) atoms. The summed E-state index contributed by atoms with van der Waals surface area (Å²) in [6.07, 6.45) is 1.76. The molecule has 1 aromatic heterocycles. The van der Waals surface area contributed by atoms with Gasteiger partial charge in [-0.2, -0.15) is 5.10 Å². The summed E-state index contributed by atoms with van der Waals surface area (Å²) in [6, 6.07) is 7.87. The maximum absolute atomic E-state index is 12.9. The highest BCUT2D eigenvalue weighted by molar-refractivity contribution is 5.22. The first kappa shape index (κ1) is 14.7. The van der Waals surface area contributed by atoms with Crippen LogP contribution in [0.1, 0.15) is 25.1 Å². The zero-order chi connectivity index (χ0) is 14.6. The quantitative estimate of drug-likeness (QED) is 0.849. The Kier molecular flexibility index (Phi) is 4.52. The summed E-state index contributed by atoms with van der Waals surface area (Å²) < 4.78 is 14.8. The van der Waals surface area contributed by atoms with Crippen molar-refractivity contribution in [1.82, 2.24) is 15.1 Å². The van der Waals surface area contributed by atoms with Crippen LogP contribution in [0.4, 0.5) is 4.39 Å². The molecule has 5 heteroatoms. The van der Waals surface area contributed by atoms with E-state index < -0.39 is 5.60 Å². The van der Waals surface area contributed by atoms with Gasteiger partial charge in [0.15, 0.2) is 0 Å². The maximum Gasteiger partial charge on any atom is 0.123 e. The molecule has 0 aliphatic heterocycles. The summed E-state index contributed by atoms with van der Waals surface area (Å²) in [6.45, 7) is 5.58. The van der Waals surface area contributed by atoms with Gasteiger partial charge in [-0.15, -0.1) is 0 Å². The van der Waals surface area contributed by atoms with Gasteiger partial charge in [0.2, 0.25) is 0 Å². The second-order valence-electron chi connectivity index (χ2n) is 5.02. The minimum atomic E-state index is -1.04. The van der Waals surface area contributed by atoms with E-state index in [0.29, 0.717) is 18.7 Å². The number of rotatable bonds is 6. The summed E-state index contributed by atoms with van der Waals surface area (Å²) in [4.78, 5) is 0. The van der Waals surface area contributed by atoms with Gasteiger partial charge in [-0.1, -0.05) is 12.1 Å². The Morgan fingerprint density at radius 3 is 2.65 bits per heavy atom. The molecule has 0 amide bonds. The molecular weight excluding hydrogens is 257 g/mol. The van der Waals surface area contributed by atoms with E-state index in [2.05, 4.69) is 10.4 Å². The Morgan fingerprint density at radius 1 is 1.30 bits per heavy atom. The lowest BCUT2D eigenvalue weighted by Crippen LogP contribution is -2.35. The van der Waals surface area contributed by atoms with Crippen molar-refractivity contribution >= 4 is 0 Å². The van der Waals surface area contributed by atoms with Gasteiger partial charge in [-0.25, -0.2) is 4.39 Å². The standard InChI is InChI=1S/C15H20FN3O/c1-3-19-14(8-9-18-19)10-17-11-15(2,20)12-4-6-13(16)7-5-12/h4-9,17,20H,3,10-11H2,1-2H3. The van der Waals surface area contributed by atoms with E-state index in [1.807, 2.05) is 17.7 Å². The predicted octanol–water partition coefficient (Wildman–Crippen LogP) is 2.04. The predicted molar refractivity (Wildman–Crippen MR) is 75.6 cm³/mol. The number of aliphatic hydroxyl groups is 1. The van der Waals surface area contributed by atoms with Gasteiger partial charge in [-0.3, -0.25) is 4.68 Å². The number of nitrogens with one attached hydrogen (secondary N) is 1. The summed E-state index contributed by atoms with van der Waals surface area (Å²) in [5.41, 5.74) is 0.725. The zero-order valence-electron chi connectivity index (χ0n) is 11.8. The molecule has 0 radical (unpaired) electrons. The molecule has 0 spiro atoms. The monoisotopic (exact) mass is 277 g/mol. The molecule has 4 nitrogen and oxygen atoms in total. The first-order valence-electron chi connectivity index (χ1n) is 6.73. The van der Waals surface area contributed by atoms with Gasteiger partial charge in [0.1, 0.15) is 5.82 Å². The summed E-state index contributed by atoms with van der Waals surface area (Å²) in [7, 11) is 0. The summed E-state index contributed by atoms with van der Waals surface area (Å²) in [5.74, 6) is -0.302. The van der Waals surface area contributed by atoms with E-state index in [1.54, 1.807) is 25.3 Å². The van der Waals surface area contributed by atoms with Crippen molar-refractivity contribution in [3.8, 4) is 0 Å². The number of nitrogens with zero attached hydrogens (tertiary/aromatic N) is 2. The third-order valence-electron chi connectivity index (χ3n) is 3.35. The lowest BCUT2D eigenvalue weighted by atomic mass is 9.96. The Balaban J connectivity index is 1.94. The van der Waals surface area contributed by atoms with Crippen molar-refractivity contribution < 1.29 is 9.50 Å². The lowest BCUT2D eigenvalue weighted by Gasteiger charge is -2.24. The van der Waals surface area contributed by atoms with Gasteiger partial charge < -0.3 is 10.4 Å². The largest absolute Gasteiger partial charge is 0.384 e. The number of hydrogen-bond donors (Lipinski definition) is 2. The summed E-state index contributed by atoms with van der Waals surface area (Å²) in [5, 5.41) is 17.8. The van der Waals surface area contributed by atoms with Crippen molar-refractivity contribution in [2.75, 3.05) is 6.54 Å². The van der Waals surface area contributed by atoms with Crippen LogP contribution in [-0.4, -0.2) is 21.4 Å². The van der Waals surface area contributed by atoms with Gasteiger partial charge in [0.05, 0.1) is 11.3 Å². The molecule has 2 rings (SSSR count). The molecule has 0 aliphatic rings. The van der Waals surface area contributed by atoms with Crippen LogP contribution < -0.4 is 5.32 Å². The van der Waals surface area contributed by atoms with E-state index in [4.69, 9.17) is 0 Å². The van der Waals surface area contributed by atoms with E-state index >= 15 is 0 Å². The fraction of sp³-hybridized carbons (Fsp3) is 0.400. The lowest BCUT2D eigenvalue weighted by molar-refractivity contribution is 0.0564. The van der Waals surface area contributed by atoms with Gasteiger partial charge >= 0.3 is 0 Å². The van der Waals surface area contributed by atoms with Gasteiger partial charge in [-0.05, 0) is 37.6 Å². The summed E-state index contributed by atoms with van der Waals surface area (Å²) >= 11 is 0. The van der Waals surface area contributed by atoms with Crippen LogP contribution in [0.5, 0.6) is 0 Å². The molecule has 0 aliphatic carbocycles. The molecule has 1 unspecified atom stereocenters. The van der Waals surface area contributed by atoms with Crippen LogP contribution in [0.15, 0.2) is 36.5 Å². The number of halogens is 1. The Morgan fingerprint density at radius 2 is 2.00 bits per heavy atom. The minimum absolute atomic E-state index is 0.302. The number of benzene rings is 1. The topological polar surface area (TPSA) is 50.1 Å². The molecule has 108 valence electrons. The fourth-order valence-electron chi connectivity index (χ4n) is 2.14. The molecule has 0 saturated carbocycles. The molecule has 1 heterocycles. The van der Waals surface area contributed by atoms with E-state index in [-0.39, 0.29) is 5.82 Å². The molecular formula is C15H20FN3O. The van der Waals surface area contributed by atoms with Crippen molar-refractivity contribution in [3.63, 3.8) is 0 Å². The van der Waals surface area contributed by atoms with E-state index in [1.165, 1.54) is 12.1 Å². The first-order valence-corrected chi connectivity index (χ1v) is 6.73. The smallest absolute Gasteiger partial charge is 0.123 e. The van der Waals surface area contributed by atoms with Crippen LogP contribution in [0.2, 0.25) is 0 Å². The molecule has 0 fully saturated rings. The zero-order valence-corrected chi connectivity index (χ0v) is 11.8. The second kappa shape index (κ2) is 6.15. The second-order valence-corrected chi connectivity index (χ2v) is 5.02. The van der Waals surface area contributed by atoms with Gasteiger partial charge in [0, 0.05) is 25.8 Å². The number of hydrogen-bond acceptors (Lipinski definition) is 3. The van der Waals surface area contributed by atoms with E-state index in [9.17, 15) is 9.50 Å². The normalized spacial score (nSPS) is 14.2. The minimum Gasteiger partial charge on any atom is -0.384 e. The average molecular weight is 277 g/mol. The molecule has 2 aromatic rings.